The van der Waals surface area contributed by atoms with E-state index < -0.39 is 5.60 Å². The van der Waals surface area contributed by atoms with Crippen LogP contribution < -0.4 is 0 Å². The molecule has 0 radical (unpaired) electrons. The van der Waals surface area contributed by atoms with Crippen molar-refractivity contribution < 1.29 is 9.53 Å². The van der Waals surface area contributed by atoms with Crippen molar-refractivity contribution in [2.75, 3.05) is 13.1 Å². The highest BCUT2D eigenvalue weighted by molar-refractivity contribution is 9.10. The van der Waals surface area contributed by atoms with Crippen molar-refractivity contribution in [1.82, 2.24) is 14.5 Å². The predicted octanol–water partition coefficient (Wildman–Crippen LogP) is 5.25. The first-order valence-electron chi connectivity index (χ1n) is 9.46. The van der Waals surface area contributed by atoms with E-state index in [0.29, 0.717) is 12.0 Å². The van der Waals surface area contributed by atoms with Crippen molar-refractivity contribution in [2.45, 2.75) is 64.0 Å². The summed E-state index contributed by atoms with van der Waals surface area (Å²) < 4.78 is 8.89. The number of likely N-dealkylation sites (tertiary alicyclic amines) is 1. The maximum Gasteiger partial charge on any atom is 0.410 e. The van der Waals surface area contributed by atoms with Gasteiger partial charge in [-0.2, -0.15) is 0 Å². The Labute approximate surface area is 162 Å². The van der Waals surface area contributed by atoms with Crippen molar-refractivity contribution in [3.05, 3.63) is 28.5 Å². The first kappa shape index (κ1) is 17.8. The van der Waals surface area contributed by atoms with E-state index in [9.17, 15) is 4.79 Å². The number of pyridine rings is 1. The molecule has 4 rings (SSSR count). The van der Waals surface area contributed by atoms with Crippen molar-refractivity contribution in [3.63, 3.8) is 0 Å². The van der Waals surface area contributed by atoms with Crippen LogP contribution in [0.4, 0.5) is 4.79 Å². The highest BCUT2D eigenvalue weighted by Gasteiger charge is 2.31. The number of hydrogen-bond donors (Lipinski definition) is 0. The quantitative estimate of drug-likeness (QED) is 0.667. The summed E-state index contributed by atoms with van der Waals surface area (Å²) in [7, 11) is 0. The van der Waals surface area contributed by atoms with Crippen LogP contribution in [0.5, 0.6) is 0 Å². The number of ether oxygens (including phenoxy) is 1. The number of hydrogen-bond acceptors (Lipinski definition) is 3. The first-order chi connectivity index (χ1) is 12.3. The summed E-state index contributed by atoms with van der Waals surface area (Å²) in [6.45, 7) is 7.19. The standard InChI is InChI=1S/C20H26BrN3O2/c1-20(2,3)26-19(25)23-8-6-15(7-9-23)24-12-17(13-4-5-13)16-10-14(21)11-22-18(16)24/h10-13,15H,4-9H2,1-3H3. The minimum atomic E-state index is -0.443. The van der Waals surface area contributed by atoms with E-state index in [0.717, 1.165) is 36.1 Å². The lowest BCUT2D eigenvalue weighted by molar-refractivity contribution is 0.0189. The highest BCUT2D eigenvalue weighted by Crippen LogP contribution is 2.45. The molecule has 0 aromatic carbocycles. The van der Waals surface area contributed by atoms with Crippen LogP contribution in [0, 0.1) is 0 Å². The molecule has 1 aliphatic heterocycles. The van der Waals surface area contributed by atoms with Gasteiger partial charge in [-0.1, -0.05) is 0 Å². The summed E-state index contributed by atoms with van der Waals surface area (Å²) >= 11 is 3.56. The first-order valence-corrected chi connectivity index (χ1v) is 10.2. The fourth-order valence-corrected chi connectivity index (χ4v) is 4.11. The summed E-state index contributed by atoms with van der Waals surface area (Å²) in [5.74, 6) is 0.691. The topological polar surface area (TPSA) is 47.4 Å². The second kappa shape index (κ2) is 6.55. The molecule has 0 N–H and O–H groups in total. The van der Waals surface area contributed by atoms with Crippen molar-refractivity contribution in [2.24, 2.45) is 0 Å². The van der Waals surface area contributed by atoms with Crippen LogP contribution in [0.15, 0.2) is 22.9 Å². The number of fused-ring (bicyclic) bond motifs is 1. The normalized spacial score (nSPS) is 19.2. The molecule has 2 aromatic rings. The van der Waals surface area contributed by atoms with Crippen molar-refractivity contribution in [1.29, 1.82) is 0 Å². The van der Waals surface area contributed by atoms with Gasteiger partial charge in [-0.05, 0) is 79.9 Å². The summed E-state index contributed by atoms with van der Waals surface area (Å²) in [5, 5.41) is 1.27. The van der Waals surface area contributed by atoms with Gasteiger partial charge < -0.3 is 14.2 Å². The Kier molecular flexibility index (Phi) is 4.49. The molecule has 1 aliphatic carbocycles. The fourth-order valence-electron chi connectivity index (χ4n) is 3.78. The van der Waals surface area contributed by atoms with Crippen LogP contribution in [0.3, 0.4) is 0 Å². The van der Waals surface area contributed by atoms with E-state index in [-0.39, 0.29) is 6.09 Å². The Balaban J connectivity index is 1.52. The summed E-state index contributed by atoms with van der Waals surface area (Å²) in [6, 6.07) is 2.58. The zero-order valence-corrected chi connectivity index (χ0v) is 17.3. The van der Waals surface area contributed by atoms with E-state index in [4.69, 9.17) is 9.72 Å². The SMILES string of the molecule is CC(C)(C)OC(=O)N1CCC(n2cc(C3CC3)c3cc(Br)cnc32)CC1. The Morgan fingerprint density at radius 1 is 1.23 bits per heavy atom. The van der Waals surface area contributed by atoms with Crippen LogP contribution in [0.1, 0.15) is 64.0 Å². The molecular formula is C20H26BrN3O2. The van der Waals surface area contributed by atoms with E-state index >= 15 is 0 Å². The second-order valence-electron chi connectivity index (χ2n) is 8.49. The van der Waals surface area contributed by atoms with E-state index in [1.54, 1.807) is 0 Å². The maximum absolute atomic E-state index is 12.3. The number of carbonyl (C=O) groups excluding carboxylic acids is 1. The maximum atomic E-state index is 12.3. The van der Waals surface area contributed by atoms with E-state index in [2.05, 4.69) is 32.8 Å². The molecule has 0 bridgehead atoms. The lowest BCUT2D eigenvalue weighted by Gasteiger charge is -2.34. The van der Waals surface area contributed by atoms with Crippen LogP contribution in [-0.4, -0.2) is 39.2 Å². The third-order valence-electron chi connectivity index (χ3n) is 5.19. The van der Waals surface area contributed by atoms with Crippen LogP contribution in [-0.2, 0) is 4.74 Å². The van der Waals surface area contributed by atoms with Gasteiger partial charge in [0.2, 0.25) is 0 Å². The highest BCUT2D eigenvalue weighted by atomic mass is 79.9. The molecule has 0 spiro atoms. The molecule has 3 heterocycles. The number of aromatic nitrogens is 2. The van der Waals surface area contributed by atoms with E-state index in [1.807, 2.05) is 31.9 Å². The summed E-state index contributed by atoms with van der Waals surface area (Å²) in [5.41, 5.74) is 2.07. The minimum absolute atomic E-state index is 0.200. The largest absolute Gasteiger partial charge is 0.444 e. The van der Waals surface area contributed by atoms with E-state index in [1.165, 1.54) is 23.8 Å². The van der Waals surface area contributed by atoms with Crippen molar-refractivity contribution >= 4 is 33.1 Å². The molecule has 0 atom stereocenters. The van der Waals surface area contributed by atoms with Gasteiger partial charge in [0.05, 0.1) is 0 Å². The van der Waals surface area contributed by atoms with Gasteiger partial charge in [0, 0.05) is 41.4 Å². The molecule has 2 aromatic heterocycles. The number of halogens is 1. The molecule has 5 nitrogen and oxygen atoms in total. The van der Waals surface area contributed by atoms with Crippen molar-refractivity contribution in [3.8, 4) is 0 Å². The second-order valence-corrected chi connectivity index (χ2v) is 9.40. The number of amides is 1. The van der Waals surface area contributed by atoms with Crippen LogP contribution >= 0.6 is 15.9 Å². The predicted molar refractivity (Wildman–Crippen MR) is 105 cm³/mol. The molecule has 26 heavy (non-hydrogen) atoms. The zero-order valence-electron chi connectivity index (χ0n) is 15.7. The Morgan fingerprint density at radius 3 is 2.54 bits per heavy atom. The number of nitrogens with zero attached hydrogens (tertiary/aromatic N) is 3. The van der Waals surface area contributed by atoms with Crippen LogP contribution in [0.25, 0.3) is 11.0 Å². The monoisotopic (exact) mass is 419 g/mol. The third kappa shape index (κ3) is 3.61. The van der Waals surface area contributed by atoms with Gasteiger partial charge in [0.1, 0.15) is 11.2 Å². The third-order valence-corrected chi connectivity index (χ3v) is 5.63. The molecule has 6 heteroatoms. The molecule has 2 fully saturated rings. The lowest BCUT2D eigenvalue weighted by atomic mass is 10.1. The molecular weight excluding hydrogens is 394 g/mol. The summed E-state index contributed by atoms with van der Waals surface area (Å²) in [4.78, 5) is 18.8. The Bertz CT molecular complexity index is 827. The van der Waals surface area contributed by atoms with Gasteiger partial charge in [0.25, 0.3) is 0 Å². The molecule has 0 unspecified atom stereocenters. The average Bonchev–Trinajstić information content (AvgIpc) is 3.35. The zero-order chi connectivity index (χ0) is 18.5. The molecule has 140 valence electrons. The number of rotatable bonds is 2. The molecule has 2 aliphatic rings. The molecule has 1 saturated carbocycles. The van der Waals surface area contributed by atoms with Gasteiger partial charge >= 0.3 is 6.09 Å². The Morgan fingerprint density at radius 2 is 1.92 bits per heavy atom. The Hall–Kier alpha value is -1.56. The fraction of sp³-hybridized carbons (Fsp3) is 0.600. The number of carbonyl (C=O) groups is 1. The molecule has 1 saturated heterocycles. The van der Waals surface area contributed by atoms with Gasteiger partial charge in [-0.25, -0.2) is 9.78 Å². The minimum Gasteiger partial charge on any atom is -0.444 e. The average molecular weight is 420 g/mol. The van der Waals surface area contributed by atoms with Gasteiger partial charge in [-0.3, -0.25) is 0 Å². The number of piperidine rings is 1. The van der Waals surface area contributed by atoms with Gasteiger partial charge in [0.15, 0.2) is 0 Å². The lowest BCUT2D eigenvalue weighted by Crippen LogP contribution is -2.42. The smallest absolute Gasteiger partial charge is 0.410 e. The van der Waals surface area contributed by atoms with Gasteiger partial charge in [-0.15, -0.1) is 0 Å². The summed E-state index contributed by atoms with van der Waals surface area (Å²) in [6.07, 6.45) is 8.43. The van der Waals surface area contributed by atoms with Crippen LogP contribution in [0.2, 0.25) is 0 Å². The molecule has 1 amide bonds.